The predicted octanol–water partition coefficient (Wildman–Crippen LogP) is 3.75. The summed E-state index contributed by atoms with van der Waals surface area (Å²) in [6.45, 7) is 4.18. The van der Waals surface area contributed by atoms with E-state index in [0.29, 0.717) is 17.8 Å². The van der Waals surface area contributed by atoms with Gasteiger partial charge in [0.25, 0.3) is 5.69 Å². The van der Waals surface area contributed by atoms with Crippen LogP contribution in [0.2, 0.25) is 0 Å². The lowest BCUT2D eigenvalue weighted by atomic mass is 9.96. The molecule has 0 saturated carbocycles. The summed E-state index contributed by atoms with van der Waals surface area (Å²) in [4.78, 5) is 25.6. The van der Waals surface area contributed by atoms with Crippen LogP contribution in [0.1, 0.15) is 24.0 Å². The highest BCUT2D eigenvalue weighted by Crippen LogP contribution is 2.26. The van der Waals surface area contributed by atoms with Crippen molar-refractivity contribution in [1.29, 1.82) is 0 Å². The van der Waals surface area contributed by atoms with E-state index < -0.39 is 4.92 Å². The van der Waals surface area contributed by atoms with Gasteiger partial charge in [-0.3, -0.25) is 19.8 Å². The summed E-state index contributed by atoms with van der Waals surface area (Å²) in [5, 5.41) is 14.0. The number of nitro benzene ring substituents is 1. The Morgan fingerprint density at radius 1 is 1.23 bits per heavy atom. The number of carbonyl (C=O) groups is 1. The summed E-state index contributed by atoms with van der Waals surface area (Å²) in [7, 11) is 0. The average molecular weight is 353 g/mol. The van der Waals surface area contributed by atoms with E-state index in [9.17, 15) is 14.9 Å². The van der Waals surface area contributed by atoms with Crippen molar-refractivity contribution in [2.45, 2.75) is 26.3 Å². The van der Waals surface area contributed by atoms with Crippen molar-refractivity contribution >= 4 is 17.3 Å². The lowest BCUT2D eigenvalue weighted by Gasteiger charge is -2.32. The molecule has 6 heteroatoms. The molecule has 2 aromatic rings. The van der Waals surface area contributed by atoms with E-state index in [-0.39, 0.29) is 17.5 Å². The Kier molecular flexibility index (Phi) is 5.63. The quantitative estimate of drug-likeness (QED) is 0.656. The highest BCUT2D eigenvalue weighted by molar-refractivity contribution is 5.94. The van der Waals surface area contributed by atoms with Crippen molar-refractivity contribution in [2.75, 3.05) is 18.4 Å². The Hall–Kier alpha value is -2.73. The Bertz CT molecular complexity index is 792. The third kappa shape index (κ3) is 4.26. The Morgan fingerprint density at radius 3 is 2.73 bits per heavy atom. The molecular formula is C20H23N3O3. The highest BCUT2D eigenvalue weighted by Gasteiger charge is 2.26. The molecule has 1 amide bonds. The fourth-order valence-electron chi connectivity index (χ4n) is 3.45. The van der Waals surface area contributed by atoms with Crippen molar-refractivity contribution < 1.29 is 9.72 Å². The van der Waals surface area contributed by atoms with Crippen molar-refractivity contribution in [1.82, 2.24) is 4.90 Å². The second kappa shape index (κ2) is 8.10. The molecule has 2 aromatic carbocycles. The van der Waals surface area contributed by atoms with Crippen LogP contribution in [0.4, 0.5) is 11.4 Å². The minimum atomic E-state index is -0.423. The van der Waals surface area contributed by atoms with E-state index >= 15 is 0 Å². The SMILES string of the molecule is Cc1c(NC(=O)C2CCCN(Cc3ccccc3)C2)cccc1[N+](=O)[O-]. The average Bonchev–Trinajstić information content (AvgIpc) is 2.64. The normalized spacial score (nSPS) is 17.7. The number of likely N-dealkylation sites (tertiary alicyclic amines) is 1. The number of nitrogens with one attached hydrogen (secondary N) is 1. The summed E-state index contributed by atoms with van der Waals surface area (Å²) in [6.07, 6.45) is 1.81. The van der Waals surface area contributed by atoms with Crippen LogP contribution in [0.5, 0.6) is 0 Å². The van der Waals surface area contributed by atoms with Crippen molar-refractivity contribution in [3.05, 3.63) is 69.8 Å². The van der Waals surface area contributed by atoms with Gasteiger partial charge in [-0.1, -0.05) is 36.4 Å². The number of piperidine rings is 1. The minimum Gasteiger partial charge on any atom is -0.325 e. The maximum atomic E-state index is 12.7. The zero-order chi connectivity index (χ0) is 18.5. The first-order valence-corrected chi connectivity index (χ1v) is 8.85. The molecule has 1 saturated heterocycles. The molecule has 0 aliphatic carbocycles. The van der Waals surface area contributed by atoms with Gasteiger partial charge in [0, 0.05) is 19.2 Å². The maximum absolute atomic E-state index is 12.7. The van der Waals surface area contributed by atoms with Crippen LogP contribution in [0.25, 0.3) is 0 Å². The maximum Gasteiger partial charge on any atom is 0.274 e. The number of benzene rings is 2. The van der Waals surface area contributed by atoms with E-state index in [1.807, 2.05) is 18.2 Å². The van der Waals surface area contributed by atoms with E-state index in [1.165, 1.54) is 11.6 Å². The first-order valence-electron chi connectivity index (χ1n) is 8.85. The number of anilines is 1. The lowest BCUT2D eigenvalue weighted by Crippen LogP contribution is -2.40. The van der Waals surface area contributed by atoms with Crippen LogP contribution in [0, 0.1) is 23.0 Å². The van der Waals surface area contributed by atoms with Gasteiger partial charge in [0.1, 0.15) is 0 Å². The molecular weight excluding hydrogens is 330 g/mol. The second-order valence-corrected chi connectivity index (χ2v) is 6.76. The van der Waals surface area contributed by atoms with E-state index in [2.05, 4.69) is 22.3 Å². The summed E-state index contributed by atoms with van der Waals surface area (Å²) >= 11 is 0. The molecule has 0 radical (unpaired) electrons. The molecule has 0 bridgehead atoms. The van der Waals surface area contributed by atoms with E-state index in [4.69, 9.17) is 0 Å². The summed E-state index contributed by atoms with van der Waals surface area (Å²) in [6, 6.07) is 15.0. The molecule has 3 rings (SSSR count). The number of rotatable bonds is 5. The monoisotopic (exact) mass is 353 g/mol. The van der Waals surface area contributed by atoms with Gasteiger partial charge >= 0.3 is 0 Å². The Balaban J connectivity index is 1.64. The summed E-state index contributed by atoms with van der Waals surface area (Å²) < 4.78 is 0. The summed E-state index contributed by atoms with van der Waals surface area (Å²) in [5.74, 6) is -0.169. The molecule has 1 aliphatic heterocycles. The molecule has 1 fully saturated rings. The van der Waals surface area contributed by atoms with Crippen molar-refractivity contribution in [2.24, 2.45) is 5.92 Å². The van der Waals surface area contributed by atoms with Gasteiger partial charge in [0.05, 0.1) is 22.1 Å². The smallest absolute Gasteiger partial charge is 0.274 e. The zero-order valence-electron chi connectivity index (χ0n) is 14.9. The lowest BCUT2D eigenvalue weighted by molar-refractivity contribution is -0.385. The van der Waals surface area contributed by atoms with Gasteiger partial charge in [-0.15, -0.1) is 0 Å². The fraction of sp³-hybridized carbons (Fsp3) is 0.350. The Labute approximate surface area is 153 Å². The van der Waals surface area contributed by atoms with Gasteiger partial charge in [-0.05, 0) is 37.9 Å². The van der Waals surface area contributed by atoms with Gasteiger partial charge in [-0.2, -0.15) is 0 Å². The zero-order valence-corrected chi connectivity index (χ0v) is 14.9. The van der Waals surface area contributed by atoms with Crippen molar-refractivity contribution in [3.63, 3.8) is 0 Å². The minimum absolute atomic E-state index is 0.0251. The van der Waals surface area contributed by atoms with Crippen LogP contribution in [-0.2, 0) is 11.3 Å². The number of nitrogens with zero attached hydrogens (tertiary/aromatic N) is 2. The second-order valence-electron chi connectivity index (χ2n) is 6.76. The van der Waals surface area contributed by atoms with Gasteiger partial charge in [-0.25, -0.2) is 0 Å². The van der Waals surface area contributed by atoms with E-state index in [0.717, 1.165) is 25.9 Å². The molecule has 26 heavy (non-hydrogen) atoms. The van der Waals surface area contributed by atoms with Crippen LogP contribution < -0.4 is 5.32 Å². The number of carbonyl (C=O) groups excluding carboxylic acids is 1. The number of hydrogen-bond acceptors (Lipinski definition) is 4. The van der Waals surface area contributed by atoms with Gasteiger partial charge in [0.15, 0.2) is 0 Å². The molecule has 1 N–H and O–H groups in total. The largest absolute Gasteiger partial charge is 0.325 e. The fourth-order valence-corrected chi connectivity index (χ4v) is 3.45. The van der Waals surface area contributed by atoms with Crippen LogP contribution in [0.15, 0.2) is 48.5 Å². The van der Waals surface area contributed by atoms with Crippen LogP contribution in [-0.4, -0.2) is 28.8 Å². The molecule has 0 spiro atoms. The topological polar surface area (TPSA) is 75.5 Å². The van der Waals surface area contributed by atoms with Crippen LogP contribution in [0.3, 0.4) is 0 Å². The van der Waals surface area contributed by atoms with Crippen LogP contribution >= 0.6 is 0 Å². The van der Waals surface area contributed by atoms with Crippen molar-refractivity contribution in [3.8, 4) is 0 Å². The predicted molar refractivity (Wildman–Crippen MR) is 101 cm³/mol. The van der Waals surface area contributed by atoms with E-state index in [1.54, 1.807) is 19.1 Å². The molecule has 1 atom stereocenters. The Morgan fingerprint density at radius 2 is 2.00 bits per heavy atom. The third-order valence-corrected chi connectivity index (χ3v) is 4.89. The highest BCUT2D eigenvalue weighted by atomic mass is 16.6. The number of nitro groups is 1. The first kappa shape index (κ1) is 18.1. The number of amides is 1. The molecule has 136 valence electrons. The molecule has 6 nitrogen and oxygen atoms in total. The molecule has 1 heterocycles. The summed E-state index contributed by atoms with van der Waals surface area (Å²) in [5.41, 5.74) is 2.27. The molecule has 1 aliphatic rings. The molecule has 0 aromatic heterocycles. The molecule has 1 unspecified atom stereocenters. The number of hydrogen-bond donors (Lipinski definition) is 1. The standard InChI is InChI=1S/C20H23N3O3/c1-15-18(10-5-11-19(15)23(25)26)21-20(24)17-9-6-12-22(14-17)13-16-7-3-2-4-8-16/h2-5,7-8,10-11,17H,6,9,12-14H2,1H3,(H,21,24). The van der Waals surface area contributed by atoms with Gasteiger partial charge in [0.2, 0.25) is 5.91 Å². The van der Waals surface area contributed by atoms with Gasteiger partial charge < -0.3 is 5.32 Å². The third-order valence-electron chi connectivity index (χ3n) is 4.89. The first-order chi connectivity index (χ1) is 12.5.